The van der Waals surface area contributed by atoms with Gasteiger partial charge < -0.3 is 16.0 Å². The van der Waals surface area contributed by atoms with Crippen molar-refractivity contribution in [3.8, 4) is 0 Å². The minimum Gasteiger partial charge on any atom is -0.399 e. The maximum absolute atomic E-state index is 5.81. The fraction of sp³-hybridized carbons (Fsp3) is 0.714. The molecule has 0 heterocycles. The summed E-state index contributed by atoms with van der Waals surface area (Å²) in [5, 5.41) is 3.56. The smallest absolute Gasteiger partial charge is 0.0367 e. The van der Waals surface area contributed by atoms with Crippen LogP contribution in [0.4, 0.5) is 11.4 Å². The molecular formula is C21H39N3. The highest BCUT2D eigenvalue weighted by Crippen LogP contribution is 2.18. The van der Waals surface area contributed by atoms with Gasteiger partial charge in [0.25, 0.3) is 0 Å². The van der Waals surface area contributed by atoms with Crippen molar-refractivity contribution in [1.82, 2.24) is 5.32 Å². The Morgan fingerprint density at radius 2 is 1.33 bits per heavy atom. The van der Waals surface area contributed by atoms with Gasteiger partial charge in [0.05, 0.1) is 0 Å². The van der Waals surface area contributed by atoms with E-state index in [4.69, 9.17) is 5.73 Å². The summed E-state index contributed by atoms with van der Waals surface area (Å²) in [6.07, 6.45) is 11.7. The molecule has 0 spiro atoms. The Morgan fingerprint density at radius 3 is 2.00 bits per heavy atom. The molecule has 3 heteroatoms. The monoisotopic (exact) mass is 333 g/mol. The van der Waals surface area contributed by atoms with Crippen LogP contribution in [0.15, 0.2) is 24.3 Å². The highest BCUT2D eigenvalue weighted by molar-refractivity contribution is 5.53. The average molecular weight is 334 g/mol. The summed E-state index contributed by atoms with van der Waals surface area (Å²) in [5.74, 6) is 0. The summed E-state index contributed by atoms with van der Waals surface area (Å²) in [4.78, 5) is 2.52. The maximum atomic E-state index is 5.81. The van der Waals surface area contributed by atoms with Crippen molar-refractivity contribution < 1.29 is 0 Å². The molecule has 1 aromatic rings. The Morgan fingerprint density at radius 1 is 0.750 bits per heavy atom. The van der Waals surface area contributed by atoms with Gasteiger partial charge in [-0.25, -0.2) is 0 Å². The van der Waals surface area contributed by atoms with E-state index in [-0.39, 0.29) is 0 Å². The summed E-state index contributed by atoms with van der Waals surface area (Å²) >= 11 is 0. The zero-order valence-electron chi connectivity index (χ0n) is 16.0. The lowest BCUT2D eigenvalue weighted by Gasteiger charge is -2.25. The highest BCUT2D eigenvalue weighted by Gasteiger charge is 2.05. The number of nitrogens with two attached hydrogens (primary N) is 1. The molecule has 138 valence electrons. The highest BCUT2D eigenvalue weighted by atomic mass is 15.1. The summed E-state index contributed by atoms with van der Waals surface area (Å²) < 4.78 is 0. The molecule has 3 N–H and O–H groups in total. The van der Waals surface area contributed by atoms with Gasteiger partial charge in [-0.1, -0.05) is 46.0 Å². The summed E-state index contributed by atoms with van der Waals surface area (Å²) in [7, 11) is 0. The number of unbranched alkanes of at least 4 members (excludes halogenated alkanes) is 6. The van der Waals surface area contributed by atoms with E-state index in [1.165, 1.54) is 76.6 Å². The molecule has 0 atom stereocenters. The van der Waals surface area contributed by atoms with Gasteiger partial charge in [-0.2, -0.15) is 0 Å². The summed E-state index contributed by atoms with van der Waals surface area (Å²) in [6, 6.07) is 8.34. The molecule has 0 radical (unpaired) electrons. The van der Waals surface area contributed by atoms with Crippen LogP contribution >= 0.6 is 0 Å². The van der Waals surface area contributed by atoms with Crippen molar-refractivity contribution >= 4 is 11.4 Å². The first-order valence-corrected chi connectivity index (χ1v) is 10.1. The van der Waals surface area contributed by atoms with Gasteiger partial charge in [-0.3, -0.25) is 0 Å². The van der Waals surface area contributed by atoms with Gasteiger partial charge in [-0.05, 0) is 63.0 Å². The van der Waals surface area contributed by atoms with Crippen LogP contribution in [0.25, 0.3) is 0 Å². The molecule has 0 fully saturated rings. The van der Waals surface area contributed by atoms with Crippen LogP contribution < -0.4 is 16.0 Å². The normalized spacial score (nSPS) is 10.9. The molecule has 0 unspecified atom stereocenters. The number of nitrogen functional groups attached to an aromatic ring is 1. The van der Waals surface area contributed by atoms with E-state index < -0.39 is 0 Å². The SMILES string of the molecule is CCCCCNCCCCCCN(CCCC)c1ccc(N)cc1. The number of nitrogens with zero attached hydrogens (tertiary/aromatic N) is 1. The van der Waals surface area contributed by atoms with Crippen LogP contribution in [-0.4, -0.2) is 26.2 Å². The molecule has 0 saturated carbocycles. The van der Waals surface area contributed by atoms with Crippen LogP contribution in [0.3, 0.4) is 0 Å². The molecule has 0 saturated heterocycles. The topological polar surface area (TPSA) is 41.3 Å². The van der Waals surface area contributed by atoms with Gasteiger partial charge in [0.2, 0.25) is 0 Å². The molecule has 3 nitrogen and oxygen atoms in total. The first-order valence-electron chi connectivity index (χ1n) is 10.1. The van der Waals surface area contributed by atoms with Crippen LogP contribution in [0.5, 0.6) is 0 Å². The van der Waals surface area contributed by atoms with E-state index in [0.29, 0.717) is 0 Å². The molecule has 0 aliphatic heterocycles. The van der Waals surface area contributed by atoms with Gasteiger partial charge in [-0.15, -0.1) is 0 Å². The number of hydrogen-bond donors (Lipinski definition) is 2. The fourth-order valence-corrected chi connectivity index (χ4v) is 2.94. The Balaban J connectivity index is 2.15. The molecule has 1 rings (SSSR count). The van der Waals surface area contributed by atoms with Crippen LogP contribution in [-0.2, 0) is 0 Å². The van der Waals surface area contributed by atoms with Crippen molar-refractivity contribution in [3.63, 3.8) is 0 Å². The predicted octanol–water partition coefficient (Wildman–Crippen LogP) is 5.22. The second-order valence-electron chi connectivity index (χ2n) is 6.80. The van der Waals surface area contributed by atoms with Crippen molar-refractivity contribution in [1.29, 1.82) is 0 Å². The van der Waals surface area contributed by atoms with Crippen LogP contribution in [0, 0.1) is 0 Å². The second kappa shape index (κ2) is 14.2. The van der Waals surface area contributed by atoms with Crippen LogP contribution in [0.2, 0.25) is 0 Å². The minimum absolute atomic E-state index is 0.848. The number of benzene rings is 1. The Hall–Kier alpha value is -1.22. The molecule has 0 aromatic heterocycles. The third-order valence-electron chi connectivity index (χ3n) is 4.53. The number of nitrogens with one attached hydrogen (secondary N) is 1. The second-order valence-corrected chi connectivity index (χ2v) is 6.80. The van der Waals surface area contributed by atoms with E-state index in [2.05, 4.69) is 36.2 Å². The Bertz CT molecular complexity index is 389. The molecule has 0 amide bonds. The third kappa shape index (κ3) is 9.82. The molecule has 1 aromatic carbocycles. The lowest BCUT2D eigenvalue weighted by molar-refractivity contribution is 0.562. The number of hydrogen-bond acceptors (Lipinski definition) is 3. The van der Waals surface area contributed by atoms with Gasteiger partial charge in [0.15, 0.2) is 0 Å². The van der Waals surface area contributed by atoms with E-state index >= 15 is 0 Å². The first-order chi connectivity index (χ1) is 11.8. The van der Waals surface area contributed by atoms with Gasteiger partial charge in [0, 0.05) is 24.5 Å². The number of anilines is 2. The van der Waals surface area contributed by atoms with Crippen molar-refractivity contribution in [2.24, 2.45) is 0 Å². The maximum Gasteiger partial charge on any atom is 0.0367 e. The standard InChI is InChI=1S/C21H39N3/c1-3-5-9-16-23-17-10-7-8-11-19-24(18-6-4-2)21-14-12-20(22)13-15-21/h12-15,23H,3-11,16-19,22H2,1-2H3. The predicted molar refractivity (Wildman–Crippen MR) is 109 cm³/mol. The lowest BCUT2D eigenvalue weighted by Crippen LogP contribution is -2.25. The lowest BCUT2D eigenvalue weighted by atomic mass is 10.1. The molecule has 0 aliphatic rings. The van der Waals surface area contributed by atoms with Crippen molar-refractivity contribution in [3.05, 3.63) is 24.3 Å². The zero-order valence-corrected chi connectivity index (χ0v) is 16.0. The van der Waals surface area contributed by atoms with E-state index in [0.717, 1.165) is 18.8 Å². The quantitative estimate of drug-likeness (QED) is 0.342. The molecular weight excluding hydrogens is 294 g/mol. The zero-order chi connectivity index (χ0) is 17.5. The number of rotatable bonds is 15. The van der Waals surface area contributed by atoms with E-state index in [1.807, 2.05) is 12.1 Å². The van der Waals surface area contributed by atoms with Crippen LogP contribution in [0.1, 0.15) is 71.6 Å². The summed E-state index contributed by atoms with van der Waals surface area (Å²) in [5.41, 5.74) is 7.97. The summed E-state index contributed by atoms with van der Waals surface area (Å²) in [6.45, 7) is 9.20. The van der Waals surface area contributed by atoms with E-state index in [9.17, 15) is 0 Å². The molecule has 24 heavy (non-hydrogen) atoms. The van der Waals surface area contributed by atoms with Gasteiger partial charge >= 0.3 is 0 Å². The van der Waals surface area contributed by atoms with Crippen molar-refractivity contribution in [2.45, 2.75) is 71.6 Å². The van der Waals surface area contributed by atoms with Crippen molar-refractivity contribution in [2.75, 3.05) is 36.8 Å². The first kappa shape index (κ1) is 20.8. The minimum atomic E-state index is 0.848. The van der Waals surface area contributed by atoms with Gasteiger partial charge in [0.1, 0.15) is 0 Å². The van der Waals surface area contributed by atoms with E-state index in [1.54, 1.807) is 0 Å². The Kier molecular flexibility index (Phi) is 12.3. The third-order valence-corrected chi connectivity index (χ3v) is 4.53. The average Bonchev–Trinajstić information content (AvgIpc) is 2.60. The fourth-order valence-electron chi connectivity index (χ4n) is 2.94. The molecule has 0 bridgehead atoms. The Labute approximate surface area is 150 Å². The molecule has 0 aliphatic carbocycles. The largest absolute Gasteiger partial charge is 0.399 e.